The second-order valence-electron chi connectivity index (χ2n) is 5.27. The Hall–Kier alpha value is -1.19. The summed E-state index contributed by atoms with van der Waals surface area (Å²) in [4.78, 5) is 24.5. The molecular formula is C12H20N2O6S. The van der Waals surface area contributed by atoms with Gasteiger partial charge in [-0.1, -0.05) is 6.92 Å². The molecule has 0 aromatic rings. The molecule has 2 heterocycles. The lowest BCUT2D eigenvalue weighted by Crippen LogP contribution is -2.41. The van der Waals surface area contributed by atoms with Crippen molar-refractivity contribution in [3.63, 3.8) is 0 Å². The van der Waals surface area contributed by atoms with E-state index in [-0.39, 0.29) is 12.5 Å². The number of amides is 1. The molecule has 0 aromatic heterocycles. The number of aliphatic carboxylic acids is 1. The van der Waals surface area contributed by atoms with E-state index < -0.39 is 33.5 Å². The van der Waals surface area contributed by atoms with Crippen LogP contribution in [-0.2, 0) is 24.3 Å². The number of hydrogen-bond acceptors (Lipinski definition) is 5. The second kappa shape index (κ2) is 6.29. The Labute approximate surface area is 123 Å². The summed E-state index contributed by atoms with van der Waals surface area (Å²) in [5.74, 6) is -1.38. The van der Waals surface area contributed by atoms with Crippen LogP contribution in [-0.4, -0.2) is 67.4 Å². The molecule has 0 bridgehead atoms. The molecule has 2 N–H and O–H groups in total. The molecule has 1 unspecified atom stereocenters. The lowest BCUT2D eigenvalue weighted by atomic mass is 10.2. The van der Waals surface area contributed by atoms with Crippen LogP contribution in [0.1, 0.15) is 26.2 Å². The quantitative estimate of drug-likeness (QED) is 0.683. The molecule has 0 aliphatic carbocycles. The summed E-state index contributed by atoms with van der Waals surface area (Å²) in [6.07, 6.45) is -0.666. The van der Waals surface area contributed by atoms with E-state index in [4.69, 9.17) is 9.84 Å². The standard InChI is InChI=1S/C12H20N2O6S/c1-2-13-21(18,19)8-5-6-14(7-8)11(15)9-3-4-10(20-9)12(16)17/h8-10,13H,2-7H2,1H3,(H,16,17)/t8?,9-,10+/m0/s1. The number of nitrogens with zero attached hydrogens (tertiary/aromatic N) is 1. The molecule has 2 saturated heterocycles. The number of nitrogens with one attached hydrogen (secondary N) is 1. The zero-order valence-electron chi connectivity index (χ0n) is 11.8. The molecule has 2 aliphatic rings. The highest BCUT2D eigenvalue weighted by Gasteiger charge is 2.41. The van der Waals surface area contributed by atoms with E-state index in [0.717, 1.165) is 0 Å². The van der Waals surface area contributed by atoms with Crippen LogP contribution in [0.4, 0.5) is 0 Å². The number of likely N-dealkylation sites (tertiary alicyclic amines) is 1. The van der Waals surface area contributed by atoms with Gasteiger partial charge in [0.15, 0.2) is 6.10 Å². The van der Waals surface area contributed by atoms with Crippen LogP contribution in [0.25, 0.3) is 0 Å². The highest BCUT2D eigenvalue weighted by Crippen LogP contribution is 2.24. The minimum atomic E-state index is -3.40. The van der Waals surface area contributed by atoms with Crippen molar-refractivity contribution in [3.05, 3.63) is 0 Å². The minimum absolute atomic E-state index is 0.131. The molecule has 3 atom stereocenters. The van der Waals surface area contributed by atoms with Crippen molar-refractivity contribution in [2.75, 3.05) is 19.6 Å². The minimum Gasteiger partial charge on any atom is -0.479 e. The summed E-state index contributed by atoms with van der Waals surface area (Å²) < 4.78 is 31.5. The van der Waals surface area contributed by atoms with Crippen LogP contribution >= 0.6 is 0 Å². The van der Waals surface area contributed by atoms with Gasteiger partial charge in [0.2, 0.25) is 10.0 Å². The average molecular weight is 320 g/mol. The molecule has 2 fully saturated rings. The number of carboxylic acids is 1. The van der Waals surface area contributed by atoms with E-state index in [0.29, 0.717) is 32.4 Å². The maximum atomic E-state index is 12.2. The third-order valence-corrected chi connectivity index (χ3v) is 5.76. The van der Waals surface area contributed by atoms with E-state index in [1.54, 1.807) is 6.92 Å². The summed E-state index contributed by atoms with van der Waals surface area (Å²) in [7, 11) is -3.40. The molecule has 1 amide bonds. The van der Waals surface area contributed by atoms with Gasteiger partial charge in [0.05, 0.1) is 5.25 Å². The fourth-order valence-electron chi connectivity index (χ4n) is 2.70. The Bertz CT molecular complexity index is 520. The number of ether oxygens (including phenoxy) is 1. The molecule has 0 radical (unpaired) electrons. The molecule has 2 aliphatic heterocycles. The van der Waals surface area contributed by atoms with Gasteiger partial charge in [-0.25, -0.2) is 17.9 Å². The molecule has 2 rings (SSSR count). The summed E-state index contributed by atoms with van der Waals surface area (Å²) in [5.41, 5.74) is 0. The number of sulfonamides is 1. The monoisotopic (exact) mass is 320 g/mol. The van der Waals surface area contributed by atoms with Gasteiger partial charge in [-0.15, -0.1) is 0 Å². The van der Waals surface area contributed by atoms with Gasteiger partial charge in [0.25, 0.3) is 5.91 Å². The Morgan fingerprint density at radius 3 is 2.52 bits per heavy atom. The fraction of sp³-hybridized carbons (Fsp3) is 0.833. The third-order valence-electron chi connectivity index (χ3n) is 3.81. The molecule has 8 nitrogen and oxygen atoms in total. The van der Waals surface area contributed by atoms with E-state index in [9.17, 15) is 18.0 Å². The predicted octanol–water partition coefficient (Wildman–Crippen LogP) is -0.841. The highest BCUT2D eigenvalue weighted by atomic mass is 32.2. The maximum Gasteiger partial charge on any atom is 0.332 e. The molecule has 0 saturated carbocycles. The van der Waals surface area contributed by atoms with Crippen molar-refractivity contribution < 1.29 is 27.9 Å². The van der Waals surface area contributed by atoms with Gasteiger partial charge in [0.1, 0.15) is 6.10 Å². The molecule has 120 valence electrons. The Morgan fingerprint density at radius 1 is 1.29 bits per heavy atom. The number of carbonyl (C=O) groups is 2. The van der Waals surface area contributed by atoms with E-state index >= 15 is 0 Å². The lowest BCUT2D eigenvalue weighted by Gasteiger charge is -2.20. The third kappa shape index (κ3) is 3.53. The SMILES string of the molecule is CCNS(=O)(=O)C1CCN(C(=O)[C@@H]2CC[C@H](C(=O)O)O2)C1. The number of hydrogen-bond donors (Lipinski definition) is 2. The first-order valence-electron chi connectivity index (χ1n) is 7.00. The lowest BCUT2D eigenvalue weighted by molar-refractivity contribution is -0.154. The van der Waals surface area contributed by atoms with E-state index in [1.807, 2.05) is 0 Å². The molecule has 21 heavy (non-hydrogen) atoms. The molecule has 0 aromatic carbocycles. The van der Waals surface area contributed by atoms with E-state index in [1.165, 1.54) is 4.90 Å². The molecule has 0 spiro atoms. The second-order valence-corrected chi connectivity index (χ2v) is 7.31. The van der Waals surface area contributed by atoms with Crippen LogP contribution in [0.5, 0.6) is 0 Å². The summed E-state index contributed by atoms with van der Waals surface area (Å²) in [6.45, 7) is 2.50. The van der Waals surface area contributed by atoms with Gasteiger partial charge < -0.3 is 14.7 Å². The van der Waals surface area contributed by atoms with Crippen molar-refractivity contribution in [1.29, 1.82) is 0 Å². The predicted molar refractivity (Wildman–Crippen MR) is 73.1 cm³/mol. The number of rotatable bonds is 5. The first-order chi connectivity index (χ1) is 9.85. The van der Waals surface area contributed by atoms with Crippen LogP contribution in [0, 0.1) is 0 Å². The van der Waals surface area contributed by atoms with Crippen LogP contribution in [0.2, 0.25) is 0 Å². The average Bonchev–Trinajstić information content (AvgIpc) is 3.08. The Balaban J connectivity index is 1.93. The summed E-state index contributed by atoms with van der Waals surface area (Å²) >= 11 is 0. The summed E-state index contributed by atoms with van der Waals surface area (Å²) in [6, 6.07) is 0. The van der Waals surface area contributed by atoms with Crippen LogP contribution < -0.4 is 4.72 Å². The van der Waals surface area contributed by atoms with Crippen molar-refractivity contribution >= 4 is 21.9 Å². The topological polar surface area (TPSA) is 113 Å². The molecule has 9 heteroatoms. The summed E-state index contributed by atoms with van der Waals surface area (Å²) in [5, 5.41) is 8.24. The van der Waals surface area contributed by atoms with Gasteiger partial charge in [-0.2, -0.15) is 0 Å². The van der Waals surface area contributed by atoms with Crippen LogP contribution in [0.3, 0.4) is 0 Å². The molecular weight excluding hydrogens is 300 g/mol. The largest absolute Gasteiger partial charge is 0.479 e. The fourth-order valence-corrected chi connectivity index (χ4v) is 4.13. The van der Waals surface area contributed by atoms with Crippen molar-refractivity contribution in [2.45, 2.75) is 43.6 Å². The first kappa shape index (κ1) is 16.2. The first-order valence-corrected chi connectivity index (χ1v) is 8.55. The number of carboxylic acid groups (broad SMARTS) is 1. The highest BCUT2D eigenvalue weighted by molar-refractivity contribution is 7.90. The normalized spacial score (nSPS) is 29.8. The zero-order valence-corrected chi connectivity index (χ0v) is 12.6. The van der Waals surface area contributed by atoms with Gasteiger partial charge in [0, 0.05) is 19.6 Å². The zero-order chi connectivity index (χ0) is 15.6. The smallest absolute Gasteiger partial charge is 0.332 e. The number of carbonyl (C=O) groups excluding carboxylic acids is 1. The van der Waals surface area contributed by atoms with Gasteiger partial charge in [-0.05, 0) is 19.3 Å². The van der Waals surface area contributed by atoms with Crippen molar-refractivity contribution in [2.24, 2.45) is 0 Å². The van der Waals surface area contributed by atoms with Crippen molar-refractivity contribution in [1.82, 2.24) is 9.62 Å². The van der Waals surface area contributed by atoms with E-state index in [2.05, 4.69) is 4.72 Å². The van der Waals surface area contributed by atoms with Gasteiger partial charge in [-0.3, -0.25) is 4.79 Å². The van der Waals surface area contributed by atoms with Crippen LogP contribution in [0.15, 0.2) is 0 Å². The maximum absolute atomic E-state index is 12.2. The Kier molecular flexibility index (Phi) is 4.84. The van der Waals surface area contributed by atoms with Gasteiger partial charge >= 0.3 is 5.97 Å². The Morgan fingerprint density at radius 2 is 1.95 bits per heavy atom. The van der Waals surface area contributed by atoms with Crippen molar-refractivity contribution in [3.8, 4) is 0 Å².